The first-order valence-corrected chi connectivity index (χ1v) is 5.86. The number of amidine groups is 1. The molecule has 0 aromatic heterocycles. The van der Waals surface area contributed by atoms with Crippen molar-refractivity contribution in [3.05, 3.63) is 0 Å². The molecule has 0 heterocycles. The van der Waals surface area contributed by atoms with Crippen molar-refractivity contribution in [1.29, 1.82) is 0 Å². The number of carbonyl (C=O) groups is 1. The molecule has 0 radical (unpaired) electrons. The highest BCUT2D eigenvalue weighted by molar-refractivity contribution is 6.09. The number of hydrogen-bond acceptors (Lipinski definition) is 3. The van der Waals surface area contributed by atoms with Gasteiger partial charge in [0.05, 0.1) is 0 Å². The minimum atomic E-state index is -0.710. The summed E-state index contributed by atoms with van der Waals surface area (Å²) >= 11 is 0. The van der Waals surface area contributed by atoms with E-state index in [-0.39, 0.29) is 11.7 Å². The topological polar surface area (TPSA) is 87.7 Å². The lowest BCUT2D eigenvalue weighted by Gasteiger charge is -2.16. The van der Waals surface area contributed by atoms with E-state index >= 15 is 0 Å². The van der Waals surface area contributed by atoms with Crippen LogP contribution in [0.25, 0.3) is 0 Å². The van der Waals surface area contributed by atoms with Gasteiger partial charge in [-0.15, -0.1) is 0 Å². The third-order valence-corrected chi connectivity index (χ3v) is 3.79. The smallest absolute Gasteiger partial charge is 0.233 e. The number of nitrogens with one attached hydrogen (secondary N) is 1. The molecule has 1 unspecified atom stereocenters. The zero-order chi connectivity index (χ0) is 11.8. The summed E-state index contributed by atoms with van der Waals surface area (Å²) in [5, 5.41) is 14.5. The molecule has 0 saturated heterocycles. The van der Waals surface area contributed by atoms with Gasteiger partial charge in [-0.3, -0.25) is 4.79 Å². The van der Waals surface area contributed by atoms with Crippen LogP contribution in [-0.2, 0) is 4.79 Å². The third kappa shape index (κ3) is 1.99. The Hall–Kier alpha value is -1.26. The van der Waals surface area contributed by atoms with Crippen molar-refractivity contribution in [3.63, 3.8) is 0 Å². The lowest BCUT2D eigenvalue weighted by molar-refractivity contribution is -0.124. The average molecular weight is 225 g/mol. The van der Waals surface area contributed by atoms with Crippen LogP contribution < -0.4 is 11.1 Å². The number of hydrogen-bond donors (Lipinski definition) is 3. The van der Waals surface area contributed by atoms with Crippen molar-refractivity contribution < 1.29 is 10.0 Å². The minimum absolute atomic E-state index is 0.0454. The van der Waals surface area contributed by atoms with Crippen molar-refractivity contribution in [2.24, 2.45) is 28.1 Å². The van der Waals surface area contributed by atoms with Crippen molar-refractivity contribution in [3.8, 4) is 0 Å². The Morgan fingerprint density at radius 1 is 1.62 bits per heavy atom. The van der Waals surface area contributed by atoms with Gasteiger partial charge in [-0.1, -0.05) is 12.1 Å². The van der Waals surface area contributed by atoms with E-state index in [1.807, 2.05) is 0 Å². The Kier molecular flexibility index (Phi) is 2.78. The van der Waals surface area contributed by atoms with E-state index in [1.165, 1.54) is 12.8 Å². The SMILES string of the molecule is CC(CNC(=O)C1(C(N)=NO)CC1)C1CC1. The summed E-state index contributed by atoms with van der Waals surface area (Å²) in [5.74, 6) is 1.27. The van der Waals surface area contributed by atoms with Gasteiger partial charge in [-0.2, -0.15) is 0 Å². The second-order valence-corrected chi connectivity index (χ2v) is 5.09. The molecule has 0 aromatic rings. The van der Waals surface area contributed by atoms with Gasteiger partial charge in [0.25, 0.3) is 0 Å². The van der Waals surface area contributed by atoms with Crippen LogP contribution in [0.3, 0.4) is 0 Å². The number of carbonyl (C=O) groups excluding carboxylic acids is 1. The van der Waals surface area contributed by atoms with Gasteiger partial charge >= 0.3 is 0 Å². The maximum atomic E-state index is 11.9. The van der Waals surface area contributed by atoms with Crippen LogP contribution in [0.1, 0.15) is 32.6 Å². The molecule has 5 nitrogen and oxygen atoms in total. The fourth-order valence-electron chi connectivity index (χ4n) is 2.08. The molecular weight excluding hydrogens is 206 g/mol. The molecule has 0 aliphatic heterocycles. The zero-order valence-corrected chi connectivity index (χ0v) is 9.57. The van der Waals surface area contributed by atoms with Gasteiger partial charge < -0.3 is 16.3 Å². The van der Waals surface area contributed by atoms with E-state index in [0.29, 0.717) is 25.3 Å². The first kappa shape index (κ1) is 11.2. The van der Waals surface area contributed by atoms with Crippen molar-refractivity contribution >= 4 is 11.7 Å². The molecular formula is C11H19N3O2. The van der Waals surface area contributed by atoms with E-state index in [9.17, 15) is 4.79 Å². The number of nitrogens with two attached hydrogens (primary N) is 1. The van der Waals surface area contributed by atoms with E-state index in [0.717, 1.165) is 5.92 Å². The normalized spacial score (nSPS) is 24.9. The van der Waals surface area contributed by atoms with E-state index in [4.69, 9.17) is 10.9 Å². The molecule has 0 bridgehead atoms. The quantitative estimate of drug-likeness (QED) is 0.278. The van der Waals surface area contributed by atoms with E-state index < -0.39 is 5.41 Å². The van der Waals surface area contributed by atoms with Gasteiger partial charge in [-0.25, -0.2) is 0 Å². The Morgan fingerprint density at radius 2 is 2.25 bits per heavy atom. The Bertz CT molecular complexity index is 319. The minimum Gasteiger partial charge on any atom is -0.409 e. The summed E-state index contributed by atoms with van der Waals surface area (Å²) in [7, 11) is 0. The van der Waals surface area contributed by atoms with E-state index in [2.05, 4.69) is 17.4 Å². The highest BCUT2D eigenvalue weighted by Crippen LogP contribution is 2.46. The van der Waals surface area contributed by atoms with Crippen molar-refractivity contribution in [2.75, 3.05) is 6.54 Å². The Balaban J connectivity index is 1.83. The summed E-state index contributed by atoms with van der Waals surface area (Å²) < 4.78 is 0. The highest BCUT2D eigenvalue weighted by Gasteiger charge is 2.54. The molecule has 2 rings (SSSR count). The third-order valence-electron chi connectivity index (χ3n) is 3.79. The van der Waals surface area contributed by atoms with Gasteiger partial charge in [0.2, 0.25) is 5.91 Å². The molecule has 90 valence electrons. The fraction of sp³-hybridized carbons (Fsp3) is 0.818. The first-order valence-electron chi connectivity index (χ1n) is 5.86. The summed E-state index contributed by atoms with van der Waals surface area (Å²) in [4.78, 5) is 11.9. The molecule has 5 heteroatoms. The molecule has 4 N–H and O–H groups in total. The molecule has 2 saturated carbocycles. The summed E-state index contributed by atoms with van der Waals surface area (Å²) in [6, 6.07) is 0. The van der Waals surface area contributed by atoms with Crippen LogP contribution >= 0.6 is 0 Å². The zero-order valence-electron chi connectivity index (χ0n) is 9.57. The summed E-state index contributed by atoms with van der Waals surface area (Å²) in [6.07, 6.45) is 3.93. The molecule has 2 fully saturated rings. The molecule has 2 aliphatic rings. The molecule has 0 aromatic carbocycles. The predicted octanol–water partition coefficient (Wildman–Crippen LogP) is 0.675. The second-order valence-electron chi connectivity index (χ2n) is 5.09. The fourth-order valence-corrected chi connectivity index (χ4v) is 2.08. The average Bonchev–Trinajstić information content (AvgIpc) is 3.16. The van der Waals surface area contributed by atoms with E-state index in [1.54, 1.807) is 0 Å². The molecule has 16 heavy (non-hydrogen) atoms. The van der Waals surface area contributed by atoms with Crippen LogP contribution in [0.15, 0.2) is 5.16 Å². The summed E-state index contributed by atoms with van der Waals surface area (Å²) in [6.45, 7) is 2.85. The van der Waals surface area contributed by atoms with Crippen LogP contribution in [-0.4, -0.2) is 23.5 Å². The Labute approximate surface area is 95.1 Å². The maximum Gasteiger partial charge on any atom is 0.233 e. The molecule has 1 atom stereocenters. The van der Waals surface area contributed by atoms with Gasteiger partial charge in [-0.05, 0) is 37.5 Å². The number of oxime groups is 1. The highest BCUT2D eigenvalue weighted by atomic mass is 16.4. The van der Waals surface area contributed by atoms with Crippen LogP contribution in [0, 0.1) is 17.3 Å². The van der Waals surface area contributed by atoms with Crippen LogP contribution in [0.4, 0.5) is 0 Å². The van der Waals surface area contributed by atoms with Crippen LogP contribution in [0.5, 0.6) is 0 Å². The maximum absolute atomic E-state index is 11.9. The molecule has 1 amide bonds. The lowest BCUT2D eigenvalue weighted by Crippen LogP contribution is -2.42. The van der Waals surface area contributed by atoms with Gasteiger partial charge in [0.15, 0.2) is 5.84 Å². The largest absolute Gasteiger partial charge is 0.409 e. The Morgan fingerprint density at radius 3 is 2.69 bits per heavy atom. The number of amides is 1. The monoisotopic (exact) mass is 225 g/mol. The predicted molar refractivity (Wildman–Crippen MR) is 60.0 cm³/mol. The van der Waals surface area contributed by atoms with Gasteiger partial charge in [0, 0.05) is 6.54 Å². The lowest BCUT2D eigenvalue weighted by atomic mass is 10.0. The molecule has 2 aliphatic carbocycles. The van der Waals surface area contributed by atoms with Crippen molar-refractivity contribution in [2.45, 2.75) is 32.6 Å². The number of nitrogens with zero attached hydrogens (tertiary/aromatic N) is 1. The van der Waals surface area contributed by atoms with Crippen LogP contribution in [0.2, 0.25) is 0 Å². The number of rotatable bonds is 5. The first-order chi connectivity index (χ1) is 7.60. The molecule has 0 spiro atoms. The summed E-state index contributed by atoms with van der Waals surface area (Å²) in [5.41, 5.74) is 4.82. The van der Waals surface area contributed by atoms with Crippen molar-refractivity contribution in [1.82, 2.24) is 5.32 Å². The van der Waals surface area contributed by atoms with Gasteiger partial charge in [0.1, 0.15) is 5.41 Å². The second kappa shape index (κ2) is 3.96. The standard InChI is InChI=1S/C11H19N3O2/c1-7(8-2-3-8)6-13-10(15)11(4-5-11)9(12)14-16/h7-8,16H,2-6H2,1H3,(H2,12,14)(H,13,15).